The minimum atomic E-state index is 0.439. The summed E-state index contributed by atoms with van der Waals surface area (Å²) in [7, 11) is 1.64. The molecule has 0 atom stereocenters. The Balaban J connectivity index is 2.27. The fourth-order valence-electron chi connectivity index (χ4n) is 1.97. The van der Waals surface area contributed by atoms with Gasteiger partial charge in [0.15, 0.2) is 0 Å². The third-order valence-corrected chi connectivity index (χ3v) is 3.72. The Hall–Kier alpha value is -0.880. The van der Waals surface area contributed by atoms with Crippen LogP contribution < -0.4 is 10.6 Å². The first-order chi connectivity index (χ1) is 8.22. The average Bonchev–Trinajstić information content (AvgIpc) is 2.36. The van der Waals surface area contributed by atoms with E-state index in [0.29, 0.717) is 12.4 Å². The van der Waals surface area contributed by atoms with Crippen LogP contribution in [-0.4, -0.2) is 30.2 Å². The van der Waals surface area contributed by atoms with E-state index in [4.69, 9.17) is 10.5 Å². The first-order valence-corrected chi connectivity index (χ1v) is 6.57. The standard InChI is InChI=1S/C11H17BrN4O/c1-17-7-8-9(12)10(13)15-11(14-8)16-5-3-2-4-6-16/h2-7H2,1H3,(H2,13,14,15). The molecule has 1 saturated heterocycles. The van der Waals surface area contributed by atoms with Gasteiger partial charge in [0, 0.05) is 20.2 Å². The zero-order valence-corrected chi connectivity index (χ0v) is 11.5. The van der Waals surface area contributed by atoms with E-state index < -0.39 is 0 Å². The van der Waals surface area contributed by atoms with Crippen molar-refractivity contribution in [1.82, 2.24) is 9.97 Å². The van der Waals surface area contributed by atoms with Crippen molar-refractivity contribution in [1.29, 1.82) is 0 Å². The number of nitrogen functional groups attached to an aromatic ring is 1. The van der Waals surface area contributed by atoms with Gasteiger partial charge in [-0.15, -0.1) is 0 Å². The summed E-state index contributed by atoms with van der Waals surface area (Å²) in [6.07, 6.45) is 3.67. The molecule has 94 valence electrons. The Morgan fingerprint density at radius 2 is 2.00 bits per heavy atom. The van der Waals surface area contributed by atoms with Gasteiger partial charge in [0.05, 0.1) is 16.8 Å². The van der Waals surface area contributed by atoms with E-state index >= 15 is 0 Å². The minimum Gasteiger partial charge on any atom is -0.383 e. The van der Waals surface area contributed by atoms with Crippen LogP contribution in [0.1, 0.15) is 25.0 Å². The smallest absolute Gasteiger partial charge is 0.227 e. The van der Waals surface area contributed by atoms with Crippen molar-refractivity contribution in [3.63, 3.8) is 0 Å². The van der Waals surface area contributed by atoms with Crippen LogP contribution in [0.25, 0.3) is 0 Å². The number of hydrogen-bond donors (Lipinski definition) is 1. The highest BCUT2D eigenvalue weighted by Crippen LogP contribution is 2.25. The predicted molar refractivity (Wildman–Crippen MR) is 70.9 cm³/mol. The van der Waals surface area contributed by atoms with Crippen LogP contribution in [0.15, 0.2) is 4.47 Å². The Morgan fingerprint density at radius 1 is 1.29 bits per heavy atom. The molecule has 0 unspecified atom stereocenters. The molecule has 0 radical (unpaired) electrons. The molecule has 2 heterocycles. The second-order valence-corrected chi connectivity index (χ2v) is 4.94. The quantitative estimate of drug-likeness (QED) is 0.924. The molecule has 0 saturated carbocycles. The van der Waals surface area contributed by atoms with E-state index in [1.807, 2.05) is 0 Å². The van der Waals surface area contributed by atoms with Gasteiger partial charge >= 0.3 is 0 Å². The zero-order valence-electron chi connectivity index (χ0n) is 9.95. The fourth-order valence-corrected chi connectivity index (χ4v) is 2.26. The molecule has 0 aromatic carbocycles. The molecule has 1 fully saturated rings. The van der Waals surface area contributed by atoms with Gasteiger partial charge in [-0.25, -0.2) is 4.98 Å². The Labute approximate surface area is 110 Å². The van der Waals surface area contributed by atoms with Crippen molar-refractivity contribution in [2.75, 3.05) is 30.8 Å². The molecular weight excluding hydrogens is 284 g/mol. The second kappa shape index (κ2) is 5.64. The largest absolute Gasteiger partial charge is 0.383 e. The van der Waals surface area contributed by atoms with Gasteiger partial charge in [0.2, 0.25) is 5.95 Å². The predicted octanol–water partition coefficient (Wildman–Crippen LogP) is 1.96. The van der Waals surface area contributed by atoms with Crippen LogP contribution in [0.3, 0.4) is 0 Å². The van der Waals surface area contributed by atoms with Crippen LogP contribution in [0, 0.1) is 0 Å². The van der Waals surface area contributed by atoms with Gasteiger partial charge in [0.25, 0.3) is 0 Å². The molecule has 17 heavy (non-hydrogen) atoms. The molecule has 1 aliphatic heterocycles. The molecule has 2 rings (SSSR count). The number of nitrogens with two attached hydrogens (primary N) is 1. The molecule has 2 N–H and O–H groups in total. The molecule has 0 aliphatic carbocycles. The molecule has 0 amide bonds. The van der Waals surface area contributed by atoms with Crippen LogP contribution in [0.4, 0.5) is 11.8 Å². The molecule has 5 nitrogen and oxygen atoms in total. The summed E-state index contributed by atoms with van der Waals surface area (Å²) >= 11 is 3.39. The monoisotopic (exact) mass is 300 g/mol. The van der Waals surface area contributed by atoms with Gasteiger partial charge in [0.1, 0.15) is 5.82 Å². The lowest BCUT2D eigenvalue weighted by Gasteiger charge is -2.27. The number of piperidine rings is 1. The van der Waals surface area contributed by atoms with E-state index in [1.54, 1.807) is 7.11 Å². The Morgan fingerprint density at radius 3 is 2.65 bits per heavy atom. The van der Waals surface area contributed by atoms with E-state index in [9.17, 15) is 0 Å². The van der Waals surface area contributed by atoms with Crippen LogP contribution >= 0.6 is 15.9 Å². The lowest BCUT2D eigenvalue weighted by atomic mass is 10.1. The van der Waals surface area contributed by atoms with Crippen molar-refractivity contribution in [3.05, 3.63) is 10.2 Å². The summed E-state index contributed by atoms with van der Waals surface area (Å²) < 4.78 is 5.85. The van der Waals surface area contributed by atoms with Crippen LogP contribution in [0.5, 0.6) is 0 Å². The maximum absolute atomic E-state index is 5.88. The molecular formula is C11H17BrN4O. The van der Waals surface area contributed by atoms with Crippen molar-refractivity contribution in [2.24, 2.45) is 0 Å². The SMILES string of the molecule is COCc1nc(N2CCCCC2)nc(N)c1Br. The van der Waals surface area contributed by atoms with E-state index in [0.717, 1.165) is 29.2 Å². The summed E-state index contributed by atoms with van der Waals surface area (Å²) in [5.41, 5.74) is 6.68. The summed E-state index contributed by atoms with van der Waals surface area (Å²) in [5.74, 6) is 1.20. The number of halogens is 1. The third-order valence-electron chi connectivity index (χ3n) is 2.85. The van der Waals surface area contributed by atoms with Gasteiger partial charge in [-0.1, -0.05) is 0 Å². The number of aromatic nitrogens is 2. The number of methoxy groups -OCH3 is 1. The van der Waals surface area contributed by atoms with Crippen molar-refractivity contribution < 1.29 is 4.74 Å². The van der Waals surface area contributed by atoms with E-state index in [-0.39, 0.29) is 0 Å². The third kappa shape index (κ3) is 2.87. The minimum absolute atomic E-state index is 0.439. The summed E-state index contributed by atoms with van der Waals surface area (Å²) in [4.78, 5) is 11.0. The lowest BCUT2D eigenvalue weighted by Crippen LogP contribution is -2.31. The van der Waals surface area contributed by atoms with Crippen LogP contribution in [-0.2, 0) is 11.3 Å². The zero-order chi connectivity index (χ0) is 12.3. The highest BCUT2D eigenvalue weighted by molar-refractivity contribution is 9.10. The van der Waals surface area contributed by atoms with Crippen molar-refractivity contribution >= 4 is 27.7 Å². The highest BCUT2D eigenvalue weighted by atomic mass is 79.9. The number of anilines is 2. The fraction of sp³-hybridized carbons (Fsp3) is 0.636. The van der Waals surface area contributed by atoms with Crippen molar-refractivity contribution in [2.45, 2.75) is 25.9 Å². The molecule has 0 spiro atoms. The number of ether oxygens (including phenoxy) is 1. The molecule has 1 aromatic heterocycles. The highest BCUT2D eigenvalue weighted by Gasteiger charge is 2.17. The van der Waals surface area contributed by atoms with Gasteiger partial charge in [-0.3, -0.25) is 0 Å². The summed E-state index contributed by atoms with van der Waals surface area (Å²) in [6.45, 7) is 2.45. The molecule has 0 bridgehead atoms. The van der Waals surface area contributed by atoms with Crippen molar-refractivity contribution in [3.8, 4) is 0 Å². The van der Waals surface area contributed by atoms with Gasteiger partial charge in [-0.05, 0) is 35.2 Å². The first kappa shape index (κ1) is 12.6. The molecule has 1 aromatic rings. The Bertz CT molecular complexity index is 393. The summed E-state index contributed by atoms with van der Waals surface area (Å²) in [5, 5.41) is 0. The number of rotatable bonds is 3. The Kier molecular flexibility index (Phi) is 4.17. The number of hydrogen-bond acceptors (Lipinski definition) is 5. The van der Waals surface area contributed by atoms with Gasteiger partial charge < -0.3 is 15.4 Å². The van der Waals surface area contributed by atoms with E-state index in [1.165, 1.54) is 19.3 Å². The maximum atomic E-state index is 5.88. The topological polar surface area (TPSA) is 64.3 Å². The summed E-state index contributed by atoms with van der Waals surface area (Å²) in [6, 6.07) is 0. The molecule has 1 aliphatic rings. The van der Waals surface area contributed by atoms with Gasteiger partial charge in [-0.2, -0.15) is 4.98 Å². The second-order valence-electron chi connectivity index (χ2n) is 4.15. The van der Waals surface area contributed by atoms with Crippen LogP contribution in [0.2, 0.25) is 0 Å². The van der Waals surface area contributed by atoms with E-state index in [2.05, 4.69) is 30.8 Å². The normalized spacial score (nSPS) is 16.2. The average molecular weight is 301 g/mol. The molecule has 6 heteroatoms. The lowest BCUT2D eigenvalue weighted by molar-refractivity contribution is 0.181. The first-order valence-electron chi connectivity index (χ1n) is 5.78. The number of nitrogens with zero attached hydrogens (tertiary/aromatic N) is 3. The maximum Gasteiger partial charge on any atom is 0.227 e.